The zero-order chi connectivity index (χ0) is 19.8. The van der Waals surface area contributed by atoms with Crippen molar-refractivity contribution >= 4 is 11.7 Å². The molecule has 6 heteroatoms. The number of anilines is 1. The Morgan fingerprint density at radius 2 is 1.93 bits per heavy atom. The number of carbonyl (C=O) groups excluding carboxylic acids is 1. The van der Waals surface area contributed by atoms with Crippen molar-refractivity contribution in [1.82, 2.24) is 4.98 Å². The summed E-state index contributed by atoms with van der Waals surface area (Å²) >= 11 is 0. The lowest BCUT2D eigenvalue weighted by atomic mass is 9.94. The highest BCUT2D eigenvalue weighted by molar-refractivity contribution is 6.01. The lowest BCUT2D eigenvalue weighted by molar-refractivity contribution is -0.118. The summed E-state index contributed by atoms with van der Waals surface area (Å²) in [6.45, 7) is 0.224. The maximum absolute atomic E-state index is 13.0. The van der Waals surface area contributed by atoms with Gasteiger partial charge in [-0.2, -0.15) is 0 Å². The van der Waals surface area contributed by atoms with Crippen molar-refractivity contribution in [2.24, 2.45) is 0 Å². The number of benzene rings is 2. The molecule has 3 aromatic rings. The van der Waals surface area contributed by atoms with Crippen LogP contribution in [0, 0.1) is 0 Å². The minimum atomic E-state index is -0.520. The molecule has 1 saturated carbocycles. The summed E-state index contributed by atoms with van der Waals surface area (Å²) < 4.78 is 16.1. The molecular formula is C23H22N2O4. The highest BCUT2D eigenvalue weighted by atomic mass is 16.7. The maximum atomic E-state index is 13.0. The predicted molar refractivity (Wildman–Crippen MR) is 110 cm³/mol. The molecule has 0 bridgehead atoms. The van der Waals surface area contributed by atoms with Gasteiger partial charge >= 0.3 is 0 Å². The third-order valence-electron chi connectivity index (χ3n) is 5.52. The first-order chi connectivity index (χ1) is 14.2. The van der Waals surface area contributed by atoms with Crippen LogP contribution in [-0.2, 0) is 10.2 Å². The number of hydrogen-bond donors (Lipinski definition) is 1. The van der Waals surface area contributed by atoms with Gasteiger partial charge in [-0.25, -0.2) is 4.98 Å². The van der Waals surface area contributed by atoms with Crippen molar-refractivity contribution in [1.29, 1.82) is 0 Å². The Morgan fingerprint density at radius 3 is 2.69 bits per heavy atom. The molecular weight excluding hydrogens is 368 g/mol. The van der Waals surface area contributed by atoms with Gasteiger partial charge in [0.2, 0.25) is 12.7 Å². The van der Waals surface area contributed by atoms with Gasteiger partial charge in [0.25, 0.3) is 0 Å². The average molecular weight is 390 g/mol. The second-order valence-electron chi connectivity index (χ2n) is 7.27. The molecule has 1 aromatic heterocycles. The topological polar surface area (TPSA) is 69.7 Å². The zero-order valence-corrected chi connectivity index (χ0v) is 16.0. The van der Waals surface area contributed by atoms with Crippen LogP contribution in [0.4, 0.5) is 5.82 Å². The molecule has 1 amide bonds. The molecule has 0 radical (unpaired) electrons. The fraction of sp³-hybridized carbons (Fsp3) is 0.217. The molecule has 148 valence electrons. The Hall–Kier alpha value is -3.54. The van der Waals surface area contributed by atoms with Crippen molar-refractivity contribution in [2.45, 2.75) is 18.3 Å². The van der Waals surface area contributed by atoms with Crippen LogP contribution in [-0.4, -0.2) is 24.8 Å². The van der Waals surface area contributed by atoms with E-state index in [0.29, 0.717) is 11.6 Å². The van der Waals surface area contributed by atoms with E-state index in [0.717, 1.165) is 41.0 Å². The Morgan fingerprint density at radius 1 is 1.07 bits per heavy atom. The number of hydrogen-bond acceptors (Lipinski definition) is 5. The largest absolute Gasteiger partial charge is 0.497 e. The van der Waals surface area contributed by atoms with Gasteiger partial charge in [-0.15, -0.1) is 0 Å². The molecule has 0 spiro atoms. The number of fused-ring (bicyclic) bond motifs is 1. The summed E-state index contributed by atoms with van der Waals surface area (Å²) in [5.41, 5.74) is 2.40. The molecule has 0 unspecified atom stereocenters. The van der Waals surface area contributed by atoms with E-state index in [1.54, 1.807) is 13.3 Å². The van der Waals surface area contributed by atoms with Gasteiger partial charge in [-0.1, -0.05) is 18.2 Å². The van der Waals surface area contributed by atoms with Crippen LogP contribution >= 0.6 is 0 Å². The van der Waals surface area contributed by atoms with E-state index >= 15 is 0 Å². The van der Waals surface area contributed by atoms with E-state index < -0.39 is 5.41 Å². The smallest absolute Gasteiger partial charge is 0.236 e. The van der Waals surface area contributed by atoms with Crippen LogP contribution < -0.4 is 19.5 Å². The number of nitrogens with zero attached hydrogens (tertiary/aromatic N) is 1. The highest BCUT2D eigenvalue weighted by Gasteiger charge is 2.51. The maximum Gasteiger partial charge on any atom is 0.236 e. The first-order valence-electron chi connectivity index (χ1n) is 9.50. The quantitative estimate of drug-likeness (QED) is 0.699. The molecule has 1 N–H and O–H groups in total. The lowest BCUT2D eigenvalue weighted by Crippen LogP contribution is -2.28. The Bertz CT molecular complexity index is 1080. The SMILES string of the molecule is COc1cccc(-c2ccc(NC(=O)C3(c4ccc5c(c4)OCO5)CC3)nc2)c1.[HH]. The molecule has 1 fully saturated rings. The molecule has 29 heavy (non-hydrogen) atoms. The van der Waals surface area contributed by atoms with Crippen LogP contribution in [0.5, 0.6) is 17.2 Å². The van der Waals surface area contributed by atoms with Crippen molar-refractivity contribution < 1.29 is 20.4 Å². The Balaban J connectivity index is 0.00000218. The van der Waals surface area contributed by atoms with Gasteiger partial charge in [0.05, 0.1) is 12.5 Å². The third-order valence-corrected chi connectivity index (χ3v) is 5.52. The molecule has 5 rings (SSSR count). The normalized spacial score (nSPS) is 15.6. The molecule has 0 saturated heterocycles. The fourth-order valence-corrected chi connectivity index (χ4v) is 3.64. The molecule has 6 nitrogen and oxygen atoms in total. The van der Waals surface area contributed by atoms with Crippen LogP contribution in [0.25, 0.3) is 11.1 Å². The van der Waals surface area contributed by atoms with Gasteiger partial charge in [0.1, 0.15) is 11.6 Å². The van der Waals surface area contributed by atoms with Crippen LogP contribution in [0.3, 0.4) is 0 Å². The number of pyridine rings is 1. The van der Waals surface area contributed by atoms with Gasteiger partial charge in [-0.3, -0.25) is 4.79 Å². The third kappa shape index (κ3) is 3.16. The van der Waals surface area contributed by atoms with Gasteiger partial charge < -0.3 is 19.5 Å². The van der Waals surface area contributed by atoms with Crippen molar-refractivity contribution in [3.63, 3.8) is 0 Å². The molecule has 1 aliphatic heterocycles. The van der Waals surface area contributed by atoms with E-state index in [1.807, 2.05) is 54.6 Å². The van der Waals surface area contributed by atoms with Gasteiger partial charge in [-0.05, 0) is 60.4 Å². The predicted octanol–water partition coefficient (Wildman–Crippen LogP) is 4.40. The minimum absolute atomic E-state index is 0. The van der Waals surface area contributed by atoms with Crippen molar-refractivity contribution in [2.75, 3.05) is 19.2 Å². The van der Waals surface area contributed by atoms with E-state index in [4.69, 9.17) is 14.2 Å². The molecule has 2 aliphatic rings. The van der Waals surface area contributed by atoms with Gasteiger partial charge in [0, 0.05) is 13.2 Å². The number of methoxy groups -OCH3 is 1. The Labute approximate surface area is 169 Å². The second-order valence-corrected chi connectivity index (χ2v) is 7.27. The molecule has 1 aliphatic carbocycles. The molecule has 2 heterocycles. The van der Waals surface area contributed by atoms with Crippen molar-refractivity contribution in [3.05, 3.63) is 66.4 Å². The second kappa shape index (κ2) is 6.81. The number of aromatic nitrogens is 1. The summed E-state index contributed by atoms with van der Waals surface area (Å²) in [7, 11) is 1.64. The highest BCUT2D eigenvalue weighted by Crippen LogP contribution is 2.51. The molecule has 0 atom stereocenters. The van der Waals surface area contributed by atoms with E-state index in [9.17, 15) is 4.79 Å². The number of ether oxygens (including phenoxy) is 3. The molecule has 2 aromatic carbocycles. The van der Waals surface area contributed by atoms with Crippen LogP contribution in [0.1, 0.15) is 19.8 Å². The standard InChI is InChI=1S/C23H20N2O4.H2/c1-27-18-4-2-3-15(11-18)16-5-8-21(24-13-16)25-22(26)23(9-10-23)17-6-7-19-20(12-17)29-14-28-19;/h2-8,11-13H,9-10,14H2,1H3,(H,24,25,26);1H. The summed E-state index contributed by atoms with van der Waals surface area (Å²) in [6.07, 6.45) is 3.37. The summed E-state index contributed by atoms with van der Waals surface area (Å²) in [5, 5.41) is 2.97. The number of carbonyl (C=O) groups is 1. The average Bonchev–Trinajstić information content (AvgIpc) is 3.45. The first-order valence-corrected chi connectivity index (χ1v) is 9.50. The van der Waals surface area contributed by atoms with E-state index in [2.05, 4.69) is 10.3 Å². The number of nitrogens with one attached hydrogen (secondary N) is 1. The summed E-state index contributed by atoms with van der Waals surface area (Å²) in [6, 6.07) is 17.3. The number of amides is 1. The first kappa shape index (κ1) is 17.6. The summed E-state index contributed by atoms with van der Waals surface area (Å²) in [4.78, 5) is 17.4. The lowest BCUT2D eigenvalue weighted by Gasteiger charge is -2.16. The van der Waals surface area contributed by atoms with E-state index in [-0.39, 0.29) is 14.1 Å². The Kier molecular flexibility index (Phi) is 4.12. The number of rotatable bonds is 5. The monoisotopic (exact) mass is 390 g/mol. The summed E-state index contributed by atoms with van der Waals surface area (Å²) in [5.74, 6) is 2.70. The van der Waals surface area contributed by atoms with Crippen molar-refractivity contribution in [3.8, 4) is 28.4 Å². The minimum Gasteiger partial charge on any atom is -0.497 e. The van der Waals surface area contributed by atoms with Crippen LogP contribution in [0.15, 0.2) is 60.8 Å². The zero-order valence-electron chi connectivity index (χ0n) is 16.0. The van der Waals surface area contributed by atoms with Gasteiger partial charge in [0.15, 0.2) is 11.5 Å². The fourth-order valence-electron chi connectivity index (χ4n) is 3.64. The van der Waals surface area contributed by atoms with Crippen LogP contribution in [0.2, 0.25) is 0 Å². The van der Waals surface area contributed by atoms with E-state index in [1.165, 1.54) is 0 Å².